The molecule has 2 amide bonds. The van der Waals surface area contributed by atoms with Gasteiger partial charge in [0, 0.05) is 48.6 Å². The second kappa shape index (κ2) is 12.0. The molecule has 0 unspecified atom stereocenters. The number of rotatable bonds is 8. The Kier molecular flexibility index (Phi) is 8.59. The number of benzene rings is 2. The summed E-state index contributed by atoms with van der Waals surface area (Å²) in [5, 5.41) is 16.8. The van der Waals surface area contributed by atoms with Crippen LogP contribution in [0.4, 0.5) is 0 Å². The number of likely N-dealkylation sites (tertiary alicyclic amines) is 1. The molecule has 192 valence electrons. The zero-order valence-corrected chi connectivity index (χ0v) is 21.0. The van der Waals surface area contributed by atoms with E-state index in [0.29, 0.717) is 18.5 Å². The summed E-state index contributed by atoms with van der Waals surface area (Å²) in [6, 6.07) is 14.8. The molecule has 1 aliphatic heterocycles. The molecule has 1 aliphatic carbocycles. The van der Waals surface area contributed by atoms with Crippen molar-refractivity contribution >= 4 is 17.5 Å². The van der Waals surface area contributed by atoms with E-state index in [9.17, 15) is 14.7 Å². The van der Waals surface area contributed by atoms with Crippen molar-refractivity contribution in [3.63, 3.8) is 0 Å². The Morgan fingerprint density at radius 3 is 2.56 bits per heavy atom. The van der Waals surface area contributed by atoms with Crippen LogP contribution in [0, 0.1) is 5.92 Å². The standard InChI is InChI=1S/C28H35N3O5/c1-35-26-10-6-4-8-24(26)19-11-13-20(14-12-19)28(34)31-17-22(30-36-2)15-23(31)16-27(33)29-25-9-5-3-7-21(25)18-32/h4,6,8,10-14,21,23,25,32H,3,5,7,9,15-18H2,1-2H3,(H,29,33)/t21-,23-,25+/m0/s1. The molecule has 4 rings (SSSR count). The Bertz CT molecular complexity index is 1080. The number of para-hydroxylation sites is 1. The third kappa shape index (κ3) is 5.87. The molecule has 0 bridgehead atoms. The molecule has 36 heavy (non-hydrogen) atoms. The molecule has 1 saturated heterocycles. The van der Waals surface area contributed by atoms with Gasteiger partial charge in [-0.05, 0) is 36.6 Å². The molecule has 0 radical (unpaired) electrons. The Morgan fingerprint density at radius 2 is 1.83 bits per heavy atom. The summed E-state index contributed by atoms with van der Waals surface area (Å²) in [5.41, 5.74) is 3.19. The lowest BCUT2D eigenvalue weighted by Crippen LogP contribution is -2.46. The van der Waals surface area contributed by atoms with Crippen LogP contribution < -0.4 is 10.1 Å². The summed E-state index contributed by atoms with van der Waals surface area (Å²) in [6.07, 6.45) is 4.59. The van der Waals surface area contributed by atoms with Crippen LogP contribution in [0.1, 0.15) is 48.9 Å². The average molecular weight is 494 g/mol. The van der Waals surface area contributed by atoms with Crippen molar-refractivity contribution in [3.8, 4) is 16.9 Å². The Morgan fingerprint density at radius 1 is 1.08 bits per heavy atom. The van der Waals surface area contributed by atoms with Crippen molar-refractivity contribution in [2.24, 2.45) is 11.1 Å². The van der Waals surface area contributed by atoms with Gasteiger partial charge in [0.05, 0.1) is 19.4 Å². The molecule has 2 aromatic rings. The Labute approximate surface area is 212 Å². The molecule has 3 atom stereocenters. The number of ether oxygens (including phenoxy) is 1. The van der Waals surface area contributed by atoms with E-state index < -0.39 is 0 Å². The van der Waals surface area contributed by atoms with Gasteiger partial charge >= 0.3 is 0 Å². The first-order valence-electron chi connectivity index (χ1n) is 12.6. The lowest BCUT2D eigenvalue weighted by Gasteiger charge is -2.31. The number of aliphatic hydroxyl groups excluding tert-OH is 1. The SMILES string of the molecule is CON=C1C[C@@H](CC(=O)N[C@@H]2CCCC[C@H]2CO)N(C(=O)c2ccc(-c3ccccc3OC)cc2)C1. The maximum absolute atomic E-state index is 13.5. The van der Waals surface area contributed by atoms with Crippen LogP contribution in [0.3, 0.4) is 0 Å². The van der Waals surface area contributed by atoms with Gasteiger partial charge in [-0.1, -0.05) is 48.3 Å². The van der Waals surface area contributed by atoms with Crippen molar-refractivity contribution in [2.45, 2.75) is 50.6 Å². The van der Waals surface area contributed by atoms with Crippen LogP contribution in [-0.2, 0) is 9.63 Å². The van der Waals surface area contributed by atoms with Crippen LogP contribution in [0.25, 0.3) is 11.1 Å². The minimum Gasteiger partial charge on any atom is -0.496 e. The molecule has 2 aromatic carbocycles. The molecule has 2 fully saturated rings. The Hall–Kier alpha value is -3.39. The fourth-order valence-corrected chi connectivity index (χ4v) is 5.32. The highest BCUT2D eigenvalue weighted by molar-refractivity contribution is 6.01. The van der Waals surface area contributed by atoms with E-state index >= 15 is 0 Å². The van der Waals surface area contributed by atoms with Crippen molar-refractivity contribution in [1.29, 1.82) is 0 Å². The lowest BCUT2D eigenvalue weighted by molar-refractivity contribution is -0.123. The first-order valence-corrected chi connectivity index (χ1v) is 12.6. The third-order valence-electron chi connectivity index (χ3n) is 7.21. The van der Waals surface area contributed by atoms with Gasteiger partial charge in [0.2, 0.25) is 5.91 Å². The highest BCUT2D eigenvalue weighted by atomic mass is 16.6. The van der Waals surface area contributed by atoms with E-state index in [1.165, 1.54) is 7.11 Å². The van der Waals surface area contributed by atoms with Crippen molar-refractivity contribution in [2.75, 3.05) is 27.4 Å². The molecule has 2 N–H and O–H groups in total. The van der Waals surface area contributed by atoms with Gasteiger partial charge in [-0.25, -0.2) is 0 Å². The Balaban J connectivity index is 1.47. The number of oxime groups is 1. The van der Waals surface area contributed by atoms with Gasteiger partial charge < -0.3 is 24.9 Å². The largest absolute Gasteiger partial charge is 0.496 e. The highest BCUT2D eigenvalue weighted by Gasteiger charge is 2.36. The molecular weight excluding hydrogens is 458 g/mol. The lowest BCUT2D eigenvalue weighted by atomic mass is 9.85. The maximum atomic E-state index is 13.5. The number of amides is 2. The smallest absolute Gasteiger partial charge is 0.254 e. The summed E-state index contributed by atoms with van der Waals surface area (Å²) in [7, 11) is 3.12. The zero-order valence-electron chi connectivity index (χ0n) is 21.0. The molecule has 1 saturated carbocycles. The molecule has 0 aromatic heterocycles. The fourth-order valence-electron chi connectivity index (χ4n) is 5.32. The number of aliphatic hydroxyl groups is 1. The quantitative estimate of drug-likeness (QED) is 0.547. The first kappa shape index (κ1) is 25.7. The average Bonchev–Trinajstić information content (AvgIpc) is 3.30. The van der Waals surface area contributed by atoms with Crippen LogP contribution in [-0.4, -0.2) is 67.0 Å². The zero-order chi connectivity index (χ0) is 25.5. The number of hydrogen-bond acceptors (Lipinski definition) is 6. The van der Waals surface area contributed by atoms with Gasteiger partial charge in [-0.2, -0.15) is 0 Å². The van der Waals surface area contributed by atoms with E-state index in [2.05, 4.69) is 10.5 Å². The summed E-state index contributed by atoms with van der Waals surface area (Å²) in [4.78, 5) is 33.1. The van der Waals surface area contributed by atoms with Gasteiger partial charge in [-0.15, -0.1) is 0 Å². The summed E-state index contributed by atoms with van der Waals surface area (Å²) in [5.74, 6) is 0.611. The second-order valence-electron chi connectivity index (χ2n) is 9.51. The van der Waals surface area contributed by atoms with E-state index in [1.807, 2.05) is 36.4 Å². The molecule has 8 heteroatoms. The predicted octanol–water partition coefficient (Wildman–Crippen LogP) is 3.64. The molecule has 0 spiro atoms. The van der Waals surface area contributed by atoms with Crippen LogP contribution in [0.5, 0.6) is 5.75 Å². The highest BCUT2D eigenvalue weighted by Crippen LogP contribution is 2.30. The number of carbonyl (C=O) groups is 2. The molecule has 8 nitrogen and oxygen atoms in total. The molecule has 2 aliphatic rings. The van der Waals surface area contributed by atoms with Crippen molar-refractivity contribution < 1.29 is 24.3 Å². The minimum absolute atomic E-state index is 0.0172. The predicted molar refractivity (Wildman–Crippen MR) is 138 cm³/mol. The summed E-state index contributed by atoms with van der Waals surface area (Å²) in [6.45, 7) is 0.399. The van der Waals surface area contributed by atoms with Gasteiger partial charge in [0.15, 0.2) is 0 Å². The third-order valence-corrected chi connectivity index (χ3v) is 7.21. The van der Waals surface area contributed by atoms with Gasteiger partial charge in [0.1, 0.15) is 12.9 Å². The molecular formula is C28H35N3O5. The van der Waals surface area contributed by atoms with Gasteiger partial charge in [-0.3, -0.25) is 9.59 Å². The minimum atomic E-state index is -0.309. The number of hydrogen-bond donors (Lipinski definition) is 2. The van der Waals surface area contributed by atoms with Crippen LogP contribution in [0.2, 0.25) is 0 Å². The number of carbonyl (C=O) groups excluding carboxylic acids is 2. The summed E-state index contributed by atoms with van der Waals surface area (Å²) < 4.78 is 5.46. The van der Waals surface area contributed by atoms with E-state index in [0.717, 1.165) is 48.3 Å². The monoisotopic (exact) mass is 493 g/mol. The van der Waals surface area contributed by atoms with Crippen molar-refractivity contribution in [1.82, 2.24) is 10.2 Å². The molecule has 1 heterocycles. The number of methoxy groups -OCH3 is 1. The maximum Gasteiger partial charge on any atom is 0.254 e. The topological polar surface area (TPSA) is 100 Å². The fraction of sp³-hybridized carbons (Fsp3) is 0.464. The van der Waals surface area contributed by atoms with Crippen LogP contribution >= 0.6 is 0 Å². The number of nitrogens with zero attached hydrogens (tertiary/aromatic N) is 2. The van der Waals surface area contributed by atoms with E-state index in [4.69, 9.17) is 9.57 Å². The van der Waals surface area contributed by atoms with Crippen LogP contribution in [0.15, 0.2) is 53.7 Å². The normalized spacial score (nSPS) is 22.9. The number of nitrogens with one attached hydrogen (secondary N) is 1. The van der Waals surface area contributed by atoms with E-state index in [-0.39, 0.29) is 42.8 Å². The van der Waals surface area contributed by atoms with E-state index in [1.54, 1.807) is 24.1 Å². The summed E-state index contributed by atoms with van der Waals surface area (Å²) >= 11 is 0. The van der Waals surface area contributed by atoms with Crippen molar-refractivity contribution in [3.05, 3.63) is 54.1 Å². The van der Waals surface area contributed by atoms with Gasteiger partial charge in [0.25, 0.3) is 5.91 Å². The second-order valence-corrected chi connectivity index (χ2v) is 9.51. The first-order chi connectivity index (χ1) is 17.5.